The molecule has 2 rings (SSSR count). The summed E-state index contributed by atoms with van der Waals surface area (Å²) in [5.41, 5.74) is 1.03. The molecule has 0 fully saturated rings. The van der Waals surface area contributed by atoms with Crippen LogP contribution >= 0.6 is 0 Å². The van der Waals surface area contributed by atoms with Crippen LogP contribution in [0.3, 0.4) is 0 Å². The first-order valence-electron chi connectivity index (χ1n) is 6.29. The van der Waals surface area contributed by atoms with E-state index in [1.54, 1.807) is 29.1 Å². The molecule has 0 radical (unpaired) electrons. The number of para-hydroxylation sites is 1. The van der Waals surface area contributed by atoms with Crippen LogP contribution in [-0.2, 0) is 6.54 Å². The molecule has 1 aromatic heterocycles. The minimum Gasteiger partial charge on any atom is -0.298 e. The number of hydrogen-bond acceptors (Lipinski definition) is 4. The van der Waals surface area contributed by atoms with Gasteiger partial charge in [0.2, 0.25) is 0 Å². The van der Waals surface area contributed by atoms with Crippen LogP contribution in [0.25, 0.3) is 11.3 Å². The van der Waals surface area contributed by atoms with Crippen molar-refractivity contribution in [1.82, 2.24) is 9.78 Å². The molecule has 0 aliphatic rings. The maximum absolute atomic E-state index is 11.2. The van der Waals surface area contributed by atoms with Crippen molar-refractivity contribution in [3.05, 3.63) is 46.1 Å². The van der Waals surface area contributed by atoms with Crippen molar-refractivity contribution in [2.24, 2.45) is 5.92 Å². The number of carbonyl (C=O) groups excluding carboxylic acids is 1. The van der Waals surface area contributed by atoms with E-state index in [4.69, 9.17) is 0 Å². The third kappa shape index (κ3) is 2.74. The van der Waals surface area contributed by atoms with Crippen LogP contribution in [0.15, 0.2) is 30.5 Å². The number of carbonyl (C=O) groups is 1. The molecule has 0 spiro atoms. The van der Waals surface area contributed by atoms with Gasteiger partial charge in [0.05, 0.1) is 16.1 Å². The summed E-state index contributed by atoms with van der Waals surface area (Å²) in [6.07, 6.45) is 2.30. The van der Waals surface area contributed by atoms with Crippen molar-refractivity contribution in [3.63, 3.8) is 0 Å². The standard InChI is InChI=1S/C14H15N3O3/c1-10(2)7-16-8-11(9-18)14(15-16)12-5-3-4-6-13(12)17(19)20/h3-6,8-10H,7H2,1-2H3. The summed E-state index contributed by atoms with van der Waals surface area (Å²) in [4.78, 5) is 21.8. The summed E-state index contributed by atoms with van der Waals surface area (Å²) in [7, 11) is 0. The Labute approximate surface area is 116 Å². The van der Waals surface area contributed by atoms with Crippen LogP contribution in [-0.4, -0.2) is 21.0 Å². The van der Waals surface area contributed by atoms with Gasteiger partial charge in [-0.2, -0.15) is 5.10 Å². The van der Waals surface area contributed by atoms with Gasteiger partial charge < -0.3 is 0 Å². The van der Waals surface area contributed by atoms with E-state index in [0.717, 1.165) is 0 Å². The van der Waals surface area contributed by atoms with E-state index in [1.165, 1.54) is 6.07 Å². The predicted octanol–water partition coefficient (Wildman–Crippen LogP) is 2.93. The molecule has 0 saturated carbocycles. The summed E-state index contributed by atoms with van der Waals surface area (Å²) in [6.45, 7) is 4.72. The molecule has 1 heterocycles. The van der Waals surface area contributed by atoms with Crippen LogP contribution in [0, 0.1) is 16.0 Å². The number of aromatic nitrogens is 2. The lowest BCUT2D eigenvalue weighted by molar-refractivity contribution is -0.384. The Bertz CT molecular complexity index is 647. The van der Waals surface area contributed by atoms with E-state index in [2.05, 4.69) is 5.10 Å². The van der Waals surface area contributed by atoms with Gasteiger partial charge in [0.15, 0.2) is 6.29 Å². The summed E-state index contributed by atoms with van der Waals surface area (Å²) in [6, 6.07) is 6.30. The summed E-state index contributed by atoms with van der Waals surface area (Å²) in [5.74, 6) is 0.369. The summed E-state index contributed by atoms with van der Waals surface area (Å²) in [5, 5.41) is 15.4. The molecule has 0 aliphatic heterocycles. The second-order valence-corrected chi connectivity index (χ2v) is 4.94. The molecule has 6 heteroatoms. The minimum absolute atomic E-state index is 0.0506. The molecule has 2 aromatic rings. The molecular weight excluding hydrogens is 258 g/mol. The number of nitro groups is 1. The minimum atomic E-state index is -0.467. The second kappa shape index (κ2) is 5.64. The van der Waals surface area contributed by atoms with E-state index in [-0.39, 0.29) is 5.69 Å². The van der Waals surface area contributed by atoms with Crippen molar-refractivity contribution in [2.45, 2.75) is 20.4 Å². The van der Waals surface area contributed by atoms with Crippen LogP contribution in [0.1, 0.15) is 24.2 Å². The quantitative estimate of drug-likeness (QED) is 0.476. The molecule has 0 N–H and O–H groups in total. The van der Waals surface area contributed by atoms with Crippen molar-refractivity contribution >= 4 is 12.0 Å². The smallest absolute Gasteiger partial charge is 0.278 e. The molecule has 0 amide bonds. The predicted molar refractivity (Wildman–Crippen MR) is 74.5 cm³/mol. The van der Waals surface area contributed by atoms with Crippen LogP contribution in [0.2, 0.25) is 0 Å². The number of benzene rings is 1. The van der Waals surface area contributed by atoms with E-state index < -0.39 is 4.92 Å². The van der Waals surface area contributed by atoms with Gasteiger partial charge in [-0.25, -0.2) is 0 Å². The topological polar surface area (TPSA) is 78.0 Å². The Morgan fingerprint density at radius 3 is 2.70 bits per heavy atom. The normalized spacial score (nSPS) is 10.8. The highest BCUT2D eigenvalue weighted by molar-refractivity contribution is 5.87. The number of rotatable bonds is 5. The van der Waals surface area contributed by atoms with Gasteiger partial charge in [0, 0.05) is 18.8 Å². The Morgan fingerprint density at radius 1 is 1.40 bits per heavy atom. The monoisotopic (exact) mass is 273 g/mol. The number of aldehydes is 1. The van der Waals surface area contributed by atoms with Gasteiger partial charge in [-0.3, -0.25) is 19.6 Å². The molecule has 1 aromatic carbocycles. The van der Waals surface area contributed by atoms with Crippen molar-refractivity contribution in [2.75, 3.05) is 0 Å². The lowest BCUT2D eigenvalue weighted by Gasteiger charge is -2.04. The van der Waals surface area contributed by atoms with Crippen molar-refractivity contribution in [1.29, 1.82) is 0 Å². The first kappa shape index (κ1) is 13.9. The maximum Gasteiger partial charge on any atom is 0.278 e. The molecule has 0 unspecified atom stereocenters. The van der Waals surface area contributed by atoms with Gasteiger partial charge in [-0.05, 0) is 12.0 Å². The third-order valence-electron chi connectivity index (χ3n) is 2.83. The van der Waals surface area contributed by atoms with Crippen molar-refractivity contribution < 1.29 is 9.72 Å². The lowest BCUT2D eigenvalue weighted by atomic mass is 10.1. The lowest BCUT2D eigenvalue weighted by Crippen LogP contribution is -2.04. The van der Waals surface area contributed by atoms with E-state index in [0.29, 0.717) is 35.6 Å². The van der Waals surface area contributed by atoms with Gasteiger partial charge in [0.25, 0.3) is 5.69 Å². The number of nitrogens with zero attached hydrogens (tertiary/aromatic N) is 3. The fourth-order valence-corrected chi connectivity index (χ4v) is 2.03. The average molecular weight is 273 g/mol. The highest BCUT2D eigenvalue weighted by atomic mass is 16.6. The van der Waals surface area contributed by atoms with Gasteiger partial charge >= 0.3 is 0 Å². The summed E-state index contributed by atoms with van der Waals surface area (Å²) >= 11 is 0. The first-order valence-corrected chi connectivity index (χ1v) is 6.29. The van der Waals surface area contributed by atoms with E-state index >= 15 is 0 Å². The zero-order chi connectivity index (χ0) is 14.7. The summed E-state index contributed by atoms with van der Waals surface area (Å²) < 4.78 is 1.65. The van der Waals surface area contributed by atoms with E-state index in [9.17, 15) is 14.9 Å². The van der Waals surface area contributed by atoms with Gasteiger partial charge in [-0.1, -0.05) is 26.0 Å². The molecule has 104 valence electrons. The molecule has 0 atom stereocenters. The van der Waals surface area contributed by atoms with Crippen LogP contribution in [0.5, 0.6) is 0 Å². The zero-order valence-corrected chi connectivity index (χ0v) is 11.3. The van der Waals surface area contributed by atoms with Crippen LogP contribution < -0.4 is 0 Å². The SMILES string of the molecule is CC(C)Cn1cc(C=O)c(-c2ccccc2[N+](=O)[O-])n1. The largest absolute Gasteiger partial charge is 0.298 e. The molecular formula is C14H15N3O3. The zero-order valence-electron chi connectivity index (χ0n) is 11.3. The Kier molecular flexibility index (Phi) is 3.93. The maximum atomic E-state index is 11.2. The fourth-order valence-electron chi connectivity index (χ4n) is 2.03. The first-order chi connectivity index (χ1) is 9.52. The fraction of sp³-hybridized carbons (Fsp3) is 0.286. The second-order valence-electron chi connectivity index (χ2n) is 4.94. The molecule has 0 aliphatic carbocycles. The third-order valence-corrected chi connectivity index (χ3v) is 2.83. The highest BCUT2D eigenvalue weighted by Gasteiger charge is 2.20. The van der Waals surface area contributed by atoms with Gasteiger partial charge in [0.1, 0.15) is 5.69 Å². The Balaban J connectivity index is 2.54. The molecule has 20 heavy (non-hydrogen) atoms. The highest BCUT2D eigenvalue weighted by Crippen LogP contribution is 2.30. The molecule has 0 saturated heterocycles. The molecule has 0 bridgehead atoms. The number of nitro benzene ring substituents is 1. The van der Waals surface area contributed by atoms with Gasteiger partial charge in [-0.15, -0.1) is 0 Å². The number of hydrogen-bond donors (Lipinski definition) is 0. The van der Waals surface area contributed by atoms with E-state index in [1.807, 2.05) is 13.8 Å². The Morgan fingerprint density at radius 2 is 2.10 bits per heavy atom. The molecule has 6 nitrogen and oxygen atoms in total. The average Bonchev–Trinajstić information content (AvgIpc) is 2.80. The Hall–Kier alpha value is -2.50. The van der Waals surface area contributed by atoms with Crippen molar-refractivity contribution in [3.8, 4) is 11.3 Å². The van der Waals surface area contributed by atoms with Crippen LogP contribution in [0.4, 0.5) is 5.69 Å².